The van der Waals surface area contributed by atoms with Crippen LogP contribution in [0, 0.1) is 11.8 Å². The maximum absolute atomic E-state index is 12.4. The molecule has 0 saturated heterocycles. The van der Waals surface area contributed by atoms with Gasteiger partial charge in [-0.2, -0.15) is 0 Å². The number of nitrogens with two attached hydrogens (primary N) is 1. The lowest BCUT2D eigenvalue weighted by atomic mass is 9.94. The fraction of sp³-hybridized carbons (Fsp3) is 0.500. The first-order valence-electron chi connectivity index (χ1n) is 7.01. The van der Waals surface area contributed by atoms with Crippen LogP contribution in [0.5, 0.6) is 0 Å². The molecule has 1 aromatic rings. The van der Waals surface area contributed by atoms with Crippen molar-refractivity contribution >= 4 is 24.3 Å². The van der Waals surface area contributed by atoms with Crippen LogP contribution in [0.2, 0.25) is 0 Å². The van der Waals surface area contributed by atoms with E-state index in [1.807, 2.05) is 30.3 Å². The molecule has 1 rings (SSSR count). The Labute approximate surface area is 138 Å². The van der Waals surface area contributed by atoms with E-state index in [9.17, 15) is 9.59 Å². The minimum absolute atomic E-state index is 0. The molecule has 0 aliphatic rings. The second kappa shape index (κ2) is 9.43. The van der Waals surface area contributed by atoms with Crippen molar-refractivity contribution in [1.82, 2.24) is 4.90 Å². The van der Waals surface area contributed by atoms with Crippen molar-refractivity contribution in [1.29, 1.82) is 0 Å². The fourth-order valence-electron chi connectivity index (χ4n) is 2.24. The summed E-state index contributed by atoms with van der Waals surface area (Å²) in [5.41, 5.74) is 7.08. The highest BCUT2D eigenvalue weighted by molar-refractivity contribution is 5.85. The van der Waals surface area contributed by atoms with Crippen LogP contribution in [0.1, 0.15) is 25.5 Å². The molecule has 0 aliphatic heterocycles. The quantitative estimate of drug-likeness (QED) is 0.811. The van der Waals surface area contributed by atoms with Crippen molar-refractivity contribution in [3.63, 3.8) is 0 Å². The fourth-order valence-corrected chi connectivity index (χ4v) is 2.24. The maximum atomic E-state index is 12.4. The van der Waals surface area contributed by atoms with Crippen LogP contribution in [0.4, 0.5) is 0 Å². The summed E-state index contributed by atoms with van der Waals surface area (Å²) in [6.45, 7) is 3.86. The third-order valence-corrected chi connectivity index (χ3v) is 3.64. The molecule has 0 saturated carbocycles. The highest BCUT2D eigenvalue weighted by atomic mass is 35.5. The molecule has 0 bridgehead atoms. The lowest BCUT2D eigenvalue weighted by Crippen LogP contribution is -2.40. The number of halogens is 1. The van der Waals surface area contributed by atoms with Crippen molar-refractivity contribution in [2.45, 2.75) is 19.9 Å². The van der Waals surface area contributed by atoms with Gasteiger partial charge in [0, 0.05) is 19.6 Å². The molecule has 2 N–H and O–H groups in total. The minimum Gasteiger partial charge on any atom is -0.469 e. The van der Waals surface area contributed by atoms with Gasteiger partial charge in [-0.1, -0.05) is 44.2 Å². The third kappa shape index (κ3) is 5.31. The van der Waals surface area contributed by atoms with Gasteiger partial charge in [0.15, 0.2) is 0 Å². The van der Waals surface area contributed by atoms with Gasteiger partial charge in [-0.25, -0.2) is 0 Å². The molecule has 3 unspecified atom stereocenters. The Morgan fingerprint density at radius 3 is 2.27 bits per heavy atom. The summed E-state index contributed by atoms with van der Waals surface area (Å²) in [6.07, 6.45) is 0. The molecule has 0 aromatic heterocycles. The molecule has 124 valence electrons. The van der Waals surface area contributed by atoms with Crippen LogP contribution in [0.3, 0.4) is 0 Å². The number of benzene rings is 1. The zero-order valence-corrected chi connectivity index (χ0v) is 14.3. The second-order valence-corrected chi connectivity index (χ2v) is 5.37. The van der Waals surface area contributed by atoms with Gasteiger partial charge in [-0.15, -0.1) is 12.4 Å². The van der Waals surface area contributed by atoms with Crippen LogP contribution in [-0.2, 0) is 14.3 Å². The van der Waals surface area contributed by atoms with Gasteiger partial charge in [-0.3, -0.25) is 9.59 Å². The molecule has 0 fully saturated rings. The highest BCUT2D eigenvalue weighted by Crippen LogP contribution is 2.21. The number of hydrogen-bond acceptors (Lipinski definition) is 4. The first-order valence-corrected chi connectivity index (χ1v) is 7.01. The molecule has 0 heterocycles. The molecule has 0 spiro atoms. The van der Waals surface area contributed by atoms with E-state index in [1.165, 1.54) is 12.0 Å². The molecular weight excluding hydrogens is 304 g/mol. The Balaban J connectivity index is 0.00000441. The second-order valence-electron chi connectivity index (χ2n) is 5.37. The predicted octanol–water partition coefficient (Wildman–Crippen LogP) is 2.01. The molecule has 5 nitrogen and oxygen atoms in total. The molecule has 0 aliphatic carbocycles. The summed E-state index contributed by atoms with van der Waals surface area (Å²) in [4.78, 5) is 25.3. The summed E-state index contributed by atoms with van der Waals surface area (Å²) < 4.78 is 4.67. The van der Waals surface area contributed by atoms with E-state index in [4.69, 9.17) is 5.73 Å². The Morgan fingerprint density at radius 1 is 1.23 bits per heavy atom. The molecule has 6 heteroatoms. The highest BCUT2D eigenvalue weighted by Gasteiger charge is 2.27. The van der Waals surface area contributed by atoms with Crippen LogP contribution in [0.25, 0.3) is 0 Å². The van der Waals surface area contributed by atoms with Gasteiger partial charge in [-0.05, 0) is 5.56 Å². The maximum Gasteiger partial charge on any atom is 0.310 e. The standard InChI is InChI=1S/C16H24N2O3.ClH/c1-11(16(20)21-4)10-18(3)15(19)12(2)14(17)13-8-6-5-7-9-13;/h5-9,11-12,14H,10,17H2,1-4H3;1H. The summed E-state index contributed by atoms with van der Waals surface area (Å²) in [5, 5.41) is 0. The largest absolute Gasteiger partial charge is 0.469 e. The average molecular weight is 329 g/mol. The number of hydrogen-bond donors (Lipinski definition) is 1. The predicted molar refractivity (Wildman–Crippen MR) is 88.6 cm³/mol. The van der Waals surface area contributed by atoms with Gasteiger partial charge in [0.2, 0.25) is 5.91 Å². The lowest BCUT2D eigenvalue weighted by molar-refractivity contribution is -0.146. The van der Waals surface area contributed by atoms with Gasteiger partial charge in [0.25, 0.3) is 0 Å². The summed E-state index contributed by atoms with van der Waals surface area (Å²) in [7, 11) is 3.02. The number of carbonyl (C=O) groups excluding carboxylic acids is 2. The van der Waals surface area contributed by atoms with Gasteiger partial charge in [0.05, 0.1) is 18.9 Å². The molecule has 22 heavy (non-hydrogen) atoms. The number of carbonyl (C=O) groups is 2. The van der Waals surface area contributed by atoms with Crippen LogP contribution < -0.4 is 5.73 Å². The van der Waals surface area contributed by atoms with Gasteiger partial charge < -0.3 is 15.4 Å². The van der Waals surface area contributed by atoms with E-state index in [-0.39, 0.29) is 42.2 Å². The normalized spacial score (nSPS) is 14.2. The average Bonchev–Trinajstić information content (AvgIpc) is 2.52. The Morgan fingerprint density at radius 2 is 1.77 bits per heavy atom. The van der Waals surface area contributed by atoms with Crippen molar-refractivity contribution in [2.75, 3.05) is 20.7 Å². The van der Waals surface area contributed by atoms with Crippen molar-refractivity contribution in [3.05, 3.63) is 35.9 Å². The van der Waals surface area contributed by atoms with E-state index in [2.05, 4.69) is 4.74 Å². The molecule has 1 amide bonds. The van der Waals surface area contributed by atoms with Crippen LogP contribution >= 0.6 is 12.4 Å². The SMILES string of the molecule is COC(=O)C(C)CN(C)C(=O)C(C)C(N)c1ccccc1.Cl. The summed E-state index contributed by atoms with van der Waals surface area (Å²) >= 11 is 0. The van der Waals surface area contributed by atoms with E-state index in [0.717, 1.165) is 5.56 Å². The molecular formula is C16H25ClN2O3. The monoisotopic (exact) mass is 328 g/mol. The Kier molecular flexibility index (Phi) is 8.75. The third-order valence-electron chi connectivity index (χ3n) is 3.64. The van der Waals surface area contributed by atoms with Crippen LogP contribution in [-0.4, -0.2) is 37.5 Å². The Bertz CT molecular complexity index is 482. The molecule has 0 radical (unpaired) electrons. The summed E-state index contributed by atoms with van der Waals surface area (Å²) in [5.74, 6) is -1.12. The van der Waals surface area contributed by atoms with Gasteiger partial charge in [0.1, 0.15) is 0 Å². The number of ether oxygens (including phenoxy) is 1. The van der Waals surface area contributed by atoms with E-state index < -0.39 is 0 Å². The Hall–Kier alpha value is -1.59. The molecule has 3 atom stereocenters. The number of nitrogens with zero attached hydrogens (tertiary/aromatic N) is 1. The first-order chi connectivity index (χ1) is 9.88. The lowest BCUT2D eigenvalue weighted by Gasteiger charge is -2.27. The van der Waals surface area contributed by atoms with E-state index in [0.29, 0.717) is 6.54 Å². The number of rotatable bonds is 6. The van der Waals surface area contributed by atoms with Crippen molar-refractivity contribution < 1.29 is 14.3 Å². The number of amides is 1. The van der Waals surface area contributed by atoms with E-state index in [1.54, 1.807) is 20.9 Å². The minimum atomic E-state index is -0.366. The number of methoxy groups -OCH3 is 1. The van der Waals surface area contributed by atoms with Crippen molar-refractivity contribution in [3.8, 4) is 0 Å². The summed E-state index contributed by atoms with van der Waals surface area (Å²) in [6, 6.07) is 9.16. The topological polar surface area (TPSA) is 72.6 Å². The number of esters is 1. The zero-order valence-electron chi connectivity index (χ0n) is 13.5. The van der Waals surface area contributed by atoms with Crippen molar-refractivity contribution in [2.24, 2.45) is 17.6 Å². The zero-order chi connectivity index (χ0) is 16.0. The van der Waals surface area contributed by atoms with Crippen LogP contribution in [0.15, 0.2) is 30.3 Å². The smallest absolute Gasteiger partial charge is 0.310 e. The molecule has 1 aromatic carbocycles. The first kappa shape index (κ1) is 20.4. The van der Waals surface area contributed by atoms with Gasteiger partial charge >= 0.3 is 5.97 Å². The van der Waals surface area contributed by atoms with E-state index >= 15 is 0 Å².